The lowest BCUT2D eigenvalue weighted by Gasteiger charge is -2.09. The number of hydrogen-bond acceptors (Lipinski definition) is 3. The molecule has 1 N–H and O–H groups in total. The summed E-state index contributed by atoms with van der Waals surface area (Å²) in [5.41, 5.74) is 2.89. The number of rotatable bonds is 3. The minimum atomic E-state index is -0.319. The van der Waals surface area contributed by atoms with Crippen molar-refractivity contribution in [3.8, 4) is 0 Å². The first-order valence-electron chi connectivity index (χ1n) is 5.70. The Labute approximate surface area is 101 Å². The van der Waals surface area contributed by atoms with Crippen LogP contribution >= 0.6 is 0 Å². The zero-order valence-electron chi connectivity index (χ0n) is 10.3. The highest BCUT2D eigenvalue weighted by atomic mass is 16.6. The van der Waals surface area contributed by atoms with Crippen LogP contribution in [0.15, 0.2) is 18.2 Å². The molecule has 0 aliphatic carbocycles. The Kier molecular flexibility index (Phi) is 3.50. The van der Waals surface area contributed by atoms with E-state index < -0.39 is 0 Å². The van der Waals surface area contributed by atoms with Crippen LogP contribution in [0.5, 0.6) is 0 Å². The van der Waals surface area contributed by atoms with Crippen LogP contribution in [0.1, 0.15) is 19.4 Å². The summed E-state index contributed by atoms with van der Waals surface area (Å²) in [7, 11) is 1.29. The van der Waals surface area contributed by atoms with E-state index in [4.69, 9.17) is 9.31 Å². The fraction of sp³-hybridized carbons (Fsp3) is 0.417. The predicted octanol–water partition coefficient (Wildman–Crippen LogP) is 1.15. The molecule has 1 amide bonds. The lowest BCUT2D eigenvalue weighted by Crippen LogP contribution is -2.31. The van der Waals surface area contributed by atoms with Crippen molar-refractivity contribution in [1.82, 2.24) is 0 Å². The summed E-state index contributed by atoms with van der Waals surface area (Å²) in [5, 5.41) is 2.87. The van der Waals surface area contributed by atoms with Crippen molar-refractivity contribution in [1.29, 1.82) is 0 Å². The predicted molar refractivity (Wildman–Crippen MR) is 67.1 cm³/mol. The van der Waals surface area contributed by atoms with Gasteiger partial charge in [0.05, 0.1) is 6.61 Å². The van der Waals surface area contributed by atoms with E-state index in [0.29, 0.717) is 6.61 Å². The molecule has 0 fully saturated rings. The highest BCUT2D eigenvalue weighted by molar-refractivity contribution is 6.63. The second kappa shape index (κ2) is 4.90. The molecule has 0 unspecified atom stereocenters. The van der Waals surface area contributed by atoms with Crippen molar-refractivity contribution in [2.24, 2.45) is 5.92 Å². The number of carbonyl (C=O) groups excluding carboxylic acids is 1. The number of anilines is 1. The summed E-state index contributed by atoms with van der Waals surface area (Å²) >= 11 is 0. The van der Waals surface area contributed by atoms with Crippen molar-refractivity contribution < 1.29 is 14.1 Å². The zero-order valence-corrected chi connectivity index (χ0v) is 10.3. The first-order chi connectivity index (χ1) is 8.11. The number of hydrogen-bond donors (Lipinski definition) is 1. The normalized spacial score (nSPS) is 14.0. The van der Waals surface area contributed by atoms with Gasteiger partial charge in [-0.2, -0.15) is 0 Å². The second-order valence-corrected chi connectivity index (χ2v) is 4.44. The Morgan fingerprint density at radius 2 is 2.29 bits per heavy atom. The molecule has 90 valence electrons. The van der Waals surface area contributed by atoms with Gasteiger partial charge in [-0.1, -0.05) is 19.9 Å². The molecule has 0 saturated carbocycles. The minimum absolute atomic E-state index is 0.0119. The van der Waals surface area contributed by atoms with Crippen LogP contribution in [0.2, 0.25) is 0 Å². The molecule has 0 aromatic heterocycles. The minimum Gasteiger partial charge on any atom is -0.410 e. The van der Waals surface area contributed by atoms with Crippen LogP contribution < -0.4 is 10.8 Å². The molecule has 1 aromatic carbocycles. The van der Waals surface area contributed by atoms with E-state index in [1.165, 1.54) is 0 Å². The monoisotopic (exact) mass is 233 g/mol. The fourth-order valence-electron chi connectivity index (χ4n) is 1.76. The van der Waals surface area contributed by atoms with Gasteiger partial charge < -0.3 is 14.6 Å². The number of fused-ring (bicyclic) bond motifs is 1. The summed E-state index contributed by atoms with van der Waals surface area (Å²) in [4.78, 5) is 11.6. The number of nitrogens with one attached hydrogen (secondary N) is 1. The van der Waals surface area contributed by atoms with Gasteiger partial charge in [0.1, 0.15) is 0 Å². The van der Waals surface area contributed by atoms with Crippen LogP contribution in [0, 0.1) is 5.92 Å². The van der Waals surface area contributed by atoms with Gasteiger partial charge in [-0.25, -0.2) is 0 Å². The van der Waals surface area contributed by atoms with E-state index in [0.717, 1.165) is 16.7 Å². The van der Waals surface area contributed by atoms with Crippen LogP contribution in [0.25, 0.3) is 0 Å². The highest BCUT2D eigenvalue weighted by Crippen LogP contribution is 2.16. The van der Waals surface area contributed by atoms with E-state index in [2.05, 4.69) is 5.32 Å². The lowest BCUT2D eigenvalue weighted by molar-refractivity contribution is -0.118. The average Bonchev–Trinajstić information content (AvgIpc) is 2.71. The van der Waals surface area contributed by atoms with Crippen LogP contribution in [0.4, 0.5) is 5.69 Å². The maximum Gasteiger partial charge on any atom is 0.494 e. The fourth-order valence-corrected chi connectivity index (χ4v) is 1.76. The molecule has 0 saturated heterocycles. The molecule has 5 heteroatoms. The molecule has 1 heterocycles. The molecule has 0 bridgehead atoms. The molecule has 0 atom stereocenters. The van der Waals surface area contributed by atoms with E-state index in [-0.39, 0.29) is 18.9 Å². The number of benzene rings is 1. The van der Waals surface area contributed by atoms with E-state index in [9.17, 15) is 4.79 Å². The SMILES string of the molecule is COB1OCc2ccc(NC(=O)C(C)C)cc21. The van der Waals surface area contributed by atoms with Crippen molar-refractivity contribution in [2.45, 2.75) is 20.5 Å². The third-order valence-electron chi connectivity index (χ3n) is 2.80. The smallest absolute Gasteiger partial charge is 0.410 e. The number of amides is 1. The van der Waals surface area contributed by atoms with Crippen molar-refractivity contribution in [3.63, 3.8) is 0 Å². The zero-order chi connectivity index (χ0) is 12.4. The van der Waals surface area contributed by atoms with Crippen molar-refractivity contribution >= 4 is 24.2 Å². The highest BCUT2D eigenvalue weighted by Gasteiger charge is 2.29. The van der Waals surface area contributed by atoms with Crippen molar-refractivity contribution in [2.75, 3.05) is 12.4 Å². The van der Waals surface area contributed by atoms with Gasteiger partial charge in [0, 0.05) is 18.7 Å². The molecule has 4 nitrogen and oxygen atoms in total. The first-order valence-corrected chi connectivity index (χ1v) is 5.70. The average molecular weight is 233 g/mol. The van der Waals surface area contributed by atoms with Gasteiger partial charge in [0.2, 0.25) is 5.91 Å². The molecule has 0 radical (unpaired) electrons. The number of carbonyl (C=O) groups is 1. The quantitative estimate of drug-likeness (QED) is 0.796. The maximum atomic E-state index is 11.6. The maximum absolute atomic E-state index is 11.6. The lowest BCUT2D eigenvalue weighted by atomic mass is 9.79. The summed E-state index contributed by atoms with van der Waals surface area (Å²) < 4.78 is 10.7. The van der Waals surface area contributed by atoms with Crippen molar-refractivity contribution in [3.05, 3.63) is 23.8 Å². The molecule has 0 spiro atoms. The molecule has 17 heavy (non-hydrogen) atoms. The summed E-state index contributed by atoms with van der Waals surface area (Å²) in [5.74, 6) is -0.0180. The summed E-state index contributed by atoms with van der Waals surface area (Å²) in [6.07, 6.45) is 0. The van der Waals surface area contributed by atoms with E-state index in [1.54, 1.807) is 7.11 Å². The Balaban J connectivity index is 2.19. The third kappa shape index (κ3) is 2.51. The van der Waals surface area contributed by atoms with Gasteiger partial charge in [0.25, 0.3) is 0 Å². The van der Waals surface area contributed by atoms with Crippen LogP contribution in [-0.4, -0.2) is 20.1 Å². The molecule has 1 aliphatic heterocycles. The third-order valence-corrected chi connectivity index (χ3v) is 2.80. The largest absolute Gasteiger partial charge is 0.494 e. The molecular weight excluding hydrogens is 217 g/mol. The summed E-state index contributed by atoms with van der Waals surface area (Å²) in [6, 6.07) is 5.77. The van der Waals surface area contributed by atoms with Gasteiger partial charge in [-0.3, -0.25) is 4.79 Å². The topological polar surface area (TPSA) is 47.6 Å². The van der Waals surface area contributed by atoms with Crippen LogP contribution in [-0.2, 0) is 20.7 Å². The van der Waals surface area contributed by atoms with Gasteiger partial charge in [-0.15, -0.1) is 0 Å². The van der Waals surface area contributed by atoms with E-state index >= 15 is 0 Å². The van der Waals surface area contributed by atoms with Gasteiger partial charge >= 0.3 is 7.12 Å². The second-order valence-electron chi connectivity index (χ2n) is 4.44. The molecule has 2 rings (SSSR count). The molecular formula is C12H16BNO3. The first kappa shape index (κ1) is 12.1. The Hall–Kier alpha value is -1.33. The van der Waals surface area contributed by atoms with E-state index in [1.807, 2.05) is 32.0 Å². The Morgan fingerprint density at radius 1 is 1.53 bits per heavy atom. The van der Waals surface area contributed by atoms with Crippen LogP contribution in [0.3, 0.4) is 0 Å². The molecule has 1 aliphatic rings. The van der Waals surface area contributed by atoms with Gasteiger partial charge in [-0.05, 0) is 23.2 Å². The van der Waals surface area contributed by atoms with Gasteiger partial charge in [0.15, 0.2) is 0 Å². The Bertz CT molecular complexity index is 434. The standard InChI is InChI=1S/C12H16BNO3/c1-8(2)12(15)14-10-5-4-9-7-17-13(16-3)11(9)6-10/h4-6,8H,7H2,1-3H3,(H,14,15). The Morgan fingerprint density at radius 3 is 2.94 bits per heavy atom. The summed E-state index contributed by atoms with van der Waals surface area (Å²) in [6.45, 7) is 4.29. The molecule has 1 aromatic rings.